The van der Waals surface area contributed by atoms with Gasteiger partial charge in [-0.05, 0) is 85.3 Å². The summed E-state index contributed by atoms with van der Waals surface area (Å²) in [5.74, 6) is 0.958. The number of aliphatic hydroxyl groups is 1. The molecule has 1 saturated heterocycles. The second-order valence-corrected chi connectivity index (χ2v) is 8.31. The molecule has 0 bridgehead atoms. The largest absolute Gasteiger partial charge is 0.508 e. The summed E-state index contributed by atoms with van der Waals surface area (Å²) in [6, 6.07) is 14.0. The Bertz CT molecular complexity index is 1180. The lowest BCUT2D eigenvalue weighted by Gasteiger charge is -2.31. The number of H-pyrrole nitrogens is 1. The van der Waals surface area contributed by atoms with Crippen LogP contribution >= 0.6 is 0 Å². The van der Waals surface area contributed by atoms with Gasteiger partial charge in [-0.1, -0.05) is 0 Å². The standard InChI is InChI=1S/C25H27N3O5/c1-16-12-19(4-7-23(16)30)22-13-21(26-25(32)27-22)18-2-5-20(6-3-18)33-15-24(31)28-10-8-17(14-29)9-11-28/h2-7,12-13,17,29-30H,8-11,14-15H2,1H3,(H,26,27,32). The number of hydrogen-bond acceptors (Lipinski definition) is 6. The Kier molecular flexibility index (Phi) is 6.74. The topological polar surface area (TPSA) is 116 Å². The minimum absolute atomic E-state index is 0.0421. The van der Waals surface area contributed by atoms with Gasteiger partial charge in [0.25, 0.3) is 5.91 Å². The number of carbonyl (C=O) groups is 1. The third-order valence-electron chi connectivity index (χ3n) is 5.99. The molecule has 0 atom stereocenters. The average molecular weight is 450 g/mol. The van der Waals surface area contributed by atoms with E-state index in [4.69, 9.17) is 4.74 Å². The van der Waals surface area contributed by atoms with Crippen LogP contribution in [0.1, 0.15) is 18.4 Å². The highest BCUT2D eigenvalue weighted by atomic mass is 16.5. The third kappa shape index (κ3) is 5.40. The number of piperidine rings is 1. The maximum atomic E-state index is 12.4. The number of aromatic amines is 1. The number of aromatic hydroxyl groups is 1. The molecule has 8 nitrogen and oxygen atoms in total. The highest BCUT2D eigenvalue weighted by Gasteiger charge is 2.22. The first-order valence-electron chi connectivity index (χ1n) is 11.0. The number of carbonyl (C=O) groups excluding carboxylic acids is 1. The fourth-order valence-electron chi connectivity index (χ4n) is 3.91. The first-order chi connectivity index (χ1) is 15.9. The molecule has 2 heterocycles. The first-order valence-corrected chi connectivity index (χ1v) is 11.0. The Balaban J connectivity index is 1.43. The zero-order valence-corrected chi connectivity index (χ0v) is 18.5. The Hall–Kier alpha value is -3.65. The molecule has 1 fully saturated rings. The predicted octanol–water partition coefficient (Wildman–Crippen LogP) is 2.73. The number of hydrogen-bond donors (Lipinski definition) is 3. The van der Waals surface area contributed by atoms with Gasteiger partial charge < -0.3 is 24.8 Å². The van der Waals surface area contributed by atoms with Crippen molar-refractivity contribution >= 4 is 5.91 Å². The van der Waals surface area contributed by atoms with Gasteiger partial charge in [-0.3, -0.25) is 4.79 Å². The van der Waals surface area contributed by atoms with E-state index >= 15 is 0 Å². The van der Waals surface area contributed by atoms with Crippen LogP contribution in [0.15, 0.2) is 53.3 Å². The molecule has 4 rings (SSSR count). The molecule has 172 valence electrons. The van der Waals surface area contributed by atoms with Gasteiger partial charge in [0, 0.05) is 25.3 Å². The van der Waals surface area contributed by atoms with E-state index in [1.807, 2.05) is 12.1 Å². The van der Waals surface area contributed by atoms with Crippen LogP contribution < -0.4 is 10.4 Å². The Morgan fingerprint density at radius 2 is 1.82 bits per heavy atom. The number of nitrogens with one attached hydrogen (secondary N) is 1. The van der Waals surface area contributed by atoms with E-state index in [1.165, 1.54) is 0 Å². The van der Waals surface area contributed by atoms with Crippen molar-refractivity contribution in [3.8, 4) is 34.0 Å². The molecule has 0 aliphatic carbocycles. The van der Waals surface area contributed by atoms with Gasteiger partial charge >= 0.3 is 5.69 Å². The molecule has 3 aromatic rings. The fourth-order valence-corrected chi connectivity index (χ4v) is 3.91. The number of ether oxygens (including phenoxy) is 1. The number of likely N-dealkylation sites (tertiary alicyclic amines) is 1. The number of phenols is 1. The second-order valence-electron chi connectivity index (χ2n) is 8.31. The highest BCUT2D eigenvalue weighted by molar-refractivity contribution is 5.78. The van der Waals surface area contributed by atoms with Crippen molar-refractivity contribution in [2.45, 2.75) is 19.8 Å². The van der Waals surface area contributed by atoms with E-state index in [0.29, 0.717) is 35.8 Å². The van der Waals surface area contributed by atoms with Crippen LogP contribution in [0.2, 0.25) is 0 Å². The number of amides is 1. The van der Waals surface area contributed by atoms with Crippen molar-refractivity contribution < 1.29 is 19.7 Å². The quantitative estimate of drug-likeness (QED) is 0.533. The lowest BCUT2D eigenvalue weighted by molar-refractivity contribution is -0.134. The third-order valence-corrected chi connectivity index (χ3v) is 5.99. The smallest absolute Gasteiger partial charge is 0.345 e. The van der Waals surface area contributed by atoms with E-state index in [-0.39, 0.29) is 30.8 Å². The van der Waals surface area contributed by atoms with Crippen LogP contribution in [0.3, 0.4) is 0 Å². The van der Waals surface area contributed by atoms with Gasteiger partial charge in [0.2, 0.25) is 0 Å². The number of phenolic OH excluding ortho intramolecular Hbond substituents is 1. The Labute approximate surface area is 191 Å². The molecule has 1 aromatic heterocycles. The van der Waals surface area contributed by atoms with Crippen LogP contribution in [0.4, 0.5) is 0 Å². The first kappa shape index (κ1) is 22.5. The van der Waals surface area contributed by atoms with Crippen molar-refractivity contribution in [2.75, 3.05) is 26.3 Å². The maximum Gasteiger partial charge on any atom is 0.345 e. The van der Waals surface area contributed by atoms with Gasteiger partial charge in [0.1, 0.15) is 11.5 Å². The van der Waals surface area contributed by atoms with Crippen molar-refractivity contribution in [3.63, 3.8) is 0 Å². The van der Waals surface area contributed by atoms with Gasteiger partial charge in [-0.15, -0.1) is 0 Å². The summed E-state index contributed by atoms with van der Waals surface area (Å²) in [5, 5.41) is 19.0. The SMILES string of the molecule is Cc1cc(-c2cc(-c3ccc(OCC(=O)N4CCC(CO)CC4)cc3)[nH]c(=O)n2)ccc1O. The van der Waals surface area contributed by atoms with Crippen LogP contribution in [-0.4, -0.2) is 57.3 Å². The summed E-state index contributed by atoms with van der Waals surface area (Å²) >= 11 is 0. The minimum Gasteiger partial charge on any atom is -0.508 e. The average Bonchev–Trinajstić information content (AvgIpc) is 2.84. The van der Waals surface area contributed by atoms with Crippen molar-refractivity contribution in [1.29, 1.82) is 0 Å². The molecule has 8 heteroatoms. The fraction of sp³-hybridized carbons (Fsp3) is 0.320. The number of aromatic nitrogens is 2. The molecule has 0 unspecified atom stereocenters. The number of benzene rings is 2. The molecule has 1 aliphatic rings. The molecule has 0 radical (unpaired) electrons. The molecule has 1 aliphatic heterocycles. The normalized spacial score (nSPS) is 14.3. The lowest BCUT2D eigenvalue weighted by atomic mass is 9.98. The van der Waals surface area contributed by atoms with E-state index in [9.17, 15) is 19.8 Å². The van der Waals surface area contributed by atoms with E-state index in [0.717, 1.165) is 24.0 Å². The Morgan fingerprint density at radius 3 is 2.48 bits per heavy atom. The minimum atomic E-state index is -0.468. The highest BCUT2D eigenvalue weighted by Crippen LogP contribution is 2.27. The summed E-state index contributed by atoms with van der Waals surface area (Å²) in [4.78, 5) is 33.1. The summed E-state index contributed by atoms with van der Waals surface area (Å²) in [5.41, 5.74) is 2.85. The molecule has 1 amide bonds. The lowest BCUT2D eigenvalue weighted by Crippen LogP contribution is -2.41. The van der Waals surface area contributed by atoms with Crippen LogP contribution in [0, 0.1) is 12.8 Å². The molecular weight excluding hydrogens is 422 g/mol. The van der Waals surface area contributed by atoms with Gasteiger partial charge in [-0.2, -0.15) is 4.98 Å². The van der Waals surface area contributed by atoms with Gasteiger partial charge in [-0.25, -0.2) is 4.79 Å². The van der Waals surface area contributed by atoms with Gasteiger partial charge in [0.05, 0.1) is 11.4 Å². The van der Waals surface area contributed by atoms with E-state index in [1.54, 1.807) is 48.2 Å². The summed E-state index contributed by atoms with van der Waals surface area (Å²) in [7, 11) is 0. The van der Waals surface area contributed by atoms with Crippen molar-refractivity contribution in [3.05, 3.63) is 64.6 Å². The molecule has 2 aromatic carbocycles. The van der Waals surface area contributed by atoms with Crippen LogP contribution in [-0.2, 0) is 4.79 Å². The Morgan fingerprint density at radius 1 is 1.12 bits per heavy atom. The zero-order valence-electron chi connectivity index (χ0n) is 18.5. The summed E-state index contributed by atoms with van der Waals surface area (Å²) in [6.07, 6.45) is 1.62. The molecule has 0 saturated carbocycles. The number of aryl methyl sites for hydroxylation is 1. The molecule has 33 heavy (non-hydrogen) atoms. The van der Waals surface area contributed by atoms with Gasteiger partial charge in [0.15, 0.2) is 6.61 Å². The van der Waals surface area contributed by atoms with E-state index < -0.39 is 5.69 Å². The summed E-state index contributed by atoms with van der Waals surface area (Å²) in [6.45, 7) is 3.20. The molecular formula is C25H27N3O5. The maximum absolute atomic E-state index is 12.4. The van der Waals surface area contributed by atoms with E-state index in [2.05, 4.69) is 9.97 Å². The number of aliphatic hydroxyl groups excluding tert-OH is 1. The number of nitrogens with zero attached hydrogens (tertiary/aromatic N) is 2. The zero-order chi connectivity index (χ0) is 23.4. The van der Waals surface area contributed by atoms with Crippen LogP contribution in [0.5, 0.6) is 11.5 Å². The molecule has 3 N–H and O–H groups in total. The van der Waals surface area contributed by atoms with Crippen LogP contribution in [0.25, 0.3) is 22.5 Å². The molecule has 0 spiro atoms. The predicted molar refractivity (Wildman–Crippen MR) is 124 cm³/mol. The second kappa shape index (κ2) is 9.87. The monoisotopic (exact) mass is 449 g/mol. The van der Waals surface area contributed by atoms with Crippen molar-refractivity contribution in [2.24, 2.45) is 5.92 Å². The number of rotatable bonds is 6. The van der Waals surface area contributed by atoms with Crippen molar-refractivity contribution in [1.82, 2.24) is 14.9 Å². The summed E-state index contributed by atoms with van der Waals surface area (Å²) < 4.78 is 5.66.